The minimum Gasteiger partial charge on any atom is -0.356 e. The van der Waals surface area contributed by atoms with Gasteiger partial charge in [-0.1, -0.05) is 0 Å². The van der Waals surface area contributed by atoms with Gasteiger partial charge in [0.15, 0.2) is 0 Å². The zero-order valence-corrected chi connectivity index (χ0v) is 16.3. The lowest BCUT2D eigenvalue weighted by molar-refractivity contribution is -0.134. The quantitative estimate of drug-likeness (QED) is 0.459. The van der Waals surface area contributed by atoms with Crippen molar-refractivity contribution in [1.82, 2.24) is 20.3 Å². The summed E-state index contributed by atoms with van der Waals surface area (Å²) in [5.74, 6) is 0.681. The van der Waals surface area contributed by atoms with Gasteiger partial charge in [0.1, 0.15) is 4.88 Å². The normalized spacial score (nSPS) is 12.0. The number of aromatic nitrogens is 3. The van der Waals surface area contributed by atoms with E-state index in [-0.39, 0.29) is 4.47 Å². The van der Waals surface area contributed by atoms with Gasteiger partial charge in [-0.25, -0.2) is 4.98 Å². The Morgan fingerprint density at radius 2 is 2.12 bits per heavy atom. The van der Waals surface area contributed by atoms with Crippen molar-refractivity contribution in [2.24, 2.45) is 0 Å². The van der Waals surface area contributed by atoms with Gasteiger partial charge in [-0.05, 0) is 47.4 Å². The van der Waals surface area contributed by atoms with E-state index in [9.17, 15) is 13.2 Å². The van der Waals surface area contributed by atoms with E-state index in [4.69, 9.17) is 0 Å². The summed E-state index contributed by atoms with van der Waals surface area (Å²) in [6.07, 6.45) is -0.108. The van der Waals surface area contributed by atoms with E-state index in [0.29, 0.717) is 36.0 Å². The number of rotatable bonds is 7. The molecule has 0 aliphatic heterocycles. The van der Waals surface area contributed by atoms with Crippen LogP contribution >= 0.6 is 27.3 Å². The molecule has 0 aliphatic rings. The maximum atomic E-state index is 12.9. The summed E-state index contributed by atoms with van der Waals surface area (Å²) in [6.45, 7) is 3.50. The Labute approximate surface area is 160 Å². The first-order chi connectivity index (χ1) is 12.4. The predicted octanol–water partition coefficient (Wildman–Crippen LogP) is 4.70. The van der Waals surface area contributed by atoms with Crippen LogP contribution in [0.1, 0.15) is 21.7 Å². The highest BCUT2D eigenvalue weighted by Crippen LogP contribution is 2.43. The zero-order valence-electron chi connectivity index (χ0n) is 13.9. The molecule has 0 saturated carbocycles. The van der Waals surface area contributed by atoms with Gasteiger partial charge in [0.25, 0.3) is 0 Å². The van der Waals surface area contributed by atoms with E-state index in [1.165, 1.54) is 0 Å². The molecule has 0 atom stereocenters. The molecule has 3 rings (SSSR count). The number of anilines is 1. The lowest BCUT2D eigenvalue weighted by Crippen LogP contribution is -2.17. The number of fused-ring (bicyclic) bond motifs is 1. The fraction of sp³-hybridized carbons (Fsp3) is 0.375. The number of H-pyrrole nitrogens is 1. The molecule has 0 unspecified atom stereocenters. The number of thiophene rings is 1. The SMILES string of the molecule is Cc1c(CNCCCNc2nc3ccncc3[nH]2)sc(C(F)(F)F)c1Br. The summed E-state index contributed by atoms with van der Waals surface area (Å²) >= 11 is 3.83. The van der Waals surface area contributed by atoms with Crippen molar-refractivity contribution in [3.63, 3.8) is 0 Å². The average Bonchev–Trinajstić information content (AvgIpc) is 3.12. The maximum absolute atomic E-state index is 12.9. The number of nitrogens with one attached hydrogen (secondary N) is 3. The summed E-state index contributed by atoms with van der Waals surface area (Å²) in [5, 5.41) is 6.38. The molecule has 0 radical (unpaired) electrons. The number of alkyl halides is 3. The fourth-order valence-corrected chi connectivity index (χ4v) is 4.32. The first kappa shape index (κ1) is 19.1. The molecule has 10 heteroatoms. The molecule has 3 N–H and O–H groups in total. The molecule has 140 valence electrons. The van der Waals surface area contributed by atoms with Crippen molar-refractivity contribution in [1.29, 1.82) is 0 Å². The Kier molecular flexibility index (Phi) is 5.83. The van der Waals surface area contributed by atoms with E-state index in [1.807, 2.05) is 6.07 Å². The minimum absolute atomic E-state index is 0.146. The monoisotopic (exact) mass is 447 g/mol. The van der Waals surface area contributed by atoms with E-state index in [0.717, 1.165) is 28.8 Å². The van der Waals surface area contributed by atoms with Crippen LogP contribution in [-0.2, 0) is 12.7 Å². The van der Waals surface area contributed by atoms with Gasteiger partial charge in [-0.15, -0.1) is 11.3 Å². The lowest BCUT2D eigenvalue weighted by Gasteiger charge is -2.05. The topological polar surface area (TPSA) is 65.6 Å². The van der Waals surface area contributed by atoms with Crippen LogP contribution in [0.2, 0.25) is 0 Å². The van der Waals surface area contributed by atoms with Gasteiger partial charge in [-0.3, -0.25) is 4.98 Å². The van der Waals surface area contributed by atoms with Crippen LogP contribution < -0.4 is 10.6 Å². The van der Waals surface area contributed by atoms with E-state index in [1.54, 1.807) is 19.3 Å². The van der Waals surface area contributed by atoms with Gasteiger partial charge in [0, 0.05) is 28.6 Å². The second-order valence-electron chi connectivity index (χ2n) is 5.73. The van der Waals surface area contributed by atoms with Crippen molar-refractivity contribution < 1.29 is 13.2 Å². The summed E-state index contributed by atoms with van der Waals surface area (Å²) in [6, 6.07) is 1.83. The third-order valence-corrected chi connectivity index (χ3v) is 6.41. The number of halogens is 4. The van der Waals surface area contributed by atoms with Crippen molar-refractivity contribution in [2.75, 3.05) is 18.4 Å². The van der Waals surface area contributed by atoms with Crippen LogP contribution in [-0.4, -0.2) is 28.0 Å². The van der Waals surface area contributed by atoms with Crippen LogP contribution in [0.3, 0.4) is 0 Å². The van der Waals surface area contributed by atoms with Gasteiger partial charge < -0.3 is 15.6 Å². The molecular weight excluding hydrogens is 431 g/mol. The molecule has 0 bridgehead atoms. The zero-order chi connectivity index (χ0) is 18.7. The summed E-state index contributed by atoms with van der Waals surface area (Å²) in [4.78, 5) is 11.7. The fourth-order valence-electron chi connectivity index (χ4n) is 2.45. The summed E-state index contributed by atoms with van der Waals surface area (Å²) in [5.41, 5.74) is 2.36. The van der Waals surface area contributed by atoms with Crippen molar-refractivity contribution in [3.05, 3.63) is 38.3 Å². The Morgan fingerprint density at radius 1 is 1.31 bits per heavy atom. The van der Waals surface area contributed by atoms with Crippen molar-refractivity contribution in [2.45, 2.75) is 26.1 Å². The Morgan fingerprint density at radius 3 is 2.81 bits per heavy atom. The molecule has 3 aromatic rings. The molecule has 0 fully saturated rings. The maximum Gasteiger partial charge on any atom is 0.426 e. The Hall–Kier alpha value is -1.65. The molecule has 26 heavy (non-hydrogen) atoms. The van der Waals surface area contributed by atoms with Crippen molar-refractivity contribution in [3.8, 4) is 0 Å². The first-order valence-electron chi connectivity index (χ1n) is 7.95. The smallest absolute Gasteiger partial charge is 0.356 e. The Balaban J connectivity index is 1.43. The van der Waals surface area contributed by atoms with E-state index in [2.05, 4.69) is 41.5 Å². The molecule has 0 aromatic carbocycles. The minimum atomic E-state index is -4.32. The summed E-state index contributed by atoms with van der Waals surface area (Å²) < 4.78 is 38.9. The van der Waals surface area contributed by atoms with E-state index < -0.39 is 11.1 Å². The number of nitrogens with zero attached hydrogens (tertiary/aromatic N) is 2. The summed E-state index contributed by atoms with van der Waals surface area (Å²) in [7, 11) is 0. The molecule has 3 heterocycles. The van der Waals surface area contributed by atoms with Gasteiger partial charge in [0.2, 0.25) is 5.95 Å². The number of pyridine rings is 1. The molecular formula is C16H17BrF3N5S. The second kappa shape index (κ2) is 7.93. The van der Waals surface area contributed by atoms with E-state index >= 15 is 0 Å². The second-order valence-corrected chi connectivity index (χ2v) is 7.62. The standard InChI is InChI=1S/C16H17BrF3N5S/c1-9-12(26-14(13(9)17)16(18,19)20)8-21-4-2-5-23-15-24-10-3-6-22-7-11(10)25-15/h3,6-7,21H,2,4-5,8H2,1H3,(H2,23,24,25). The lowest BCUT2D eigenvalue weighted by atomic mass is 10.2. The molecule has 5 nitrogen and oxygen atoms in total. The number of imidazole rings is 1. The predicted molar refractivity (Wildman–Crippen MR) is 100 cm³/mol. The number of hydrogen-bond donors (Lipinski definition) is 3. The van der Waals surface area contributed by atoms with Crippen molar-refractivity contribution >= 4 is 44.2 Å². The third kappa shape index (κ3) is 4.36. The molecule has 0 spiro atoms. The number of hydrogen-bond acceptors (Lipinski definition) is 5. The van der Waals surface area contributed by atoms with Gasteiger partial charge >= 0.3 is 6.18 Å². The highest BCUT2D eigenvalue weighted by atomic mass is 79.9. The third-order valence-electron chi connectivity index (χ3n) is 3.82. The average molecular weight is 448 g/mol. The number of aromatic amines is 1. The highest BCUT2D eigenvalue weighted by Gasteiger charge is 2.36. The van der Waals surface area contributed by atoms with Crippen LogP contribution in [0, 0.1) is 6.92 Å². The van der Waals surface area contributed by atoms with Crippen LogP contribution in [0.5, 0.6) is 0 Å². The molecule has 3 aromatic heterocycles. The van der Waals surface area contributed by atoms with Gasteiger partial charge in [-0.2, -0.15) is 13.2 Å². The molecule has 0 saturated heterocycles. The van der Waals surface area contributed by atoms with Gasteiger partial charge in [0.05, 0.1) is 17.2 Å². The van der Waals surface area contributed by atoms with Crippen LogP contribution in [0.15, 0.2) is 22.9 Å². The van der Waals surface area contributed by atoms with Crippen LogP contribution in [0.4, 0.5) is 19.1 Å². The molecule has 0 aliphatic carbocycles. The molecule has 0 amide bonds. The Bertz CT molecular complexity index is 857. The largest absolute Gasteiger partial charge is 0.426 e. The first-order valence-corrected chi connectivity index (χ1v) is 9.56. The van der Waals surface area contributed by atoms with Crippen LogP contribution in [0.25, 0.3) is 11.0 Å². The highest BCUT2D eigenvalue weighted by molar-refractivity contribution is 9.10.